The van der Waals surface area contributed by atoms with Gasteiger partial charge >= 0.3 is 0 Å². The van der Waals surface area contributed by atoms with Crippen molar-refractivity contribution in [1.29, 1.82) is 5.26 Å². The summed E-state index contributed by atoms with van der Waals surface area (Å²) in [5, 5.41) is 18.4. The molecule has 0 radical (unpaired) electrons. The Bertz CT molecular complexity index is 918. The lowest BCUT2D eigenvalue weighted by molar-refractivity contribution is 0.306. The standard InChI is InChI=1S/C20H16N2O2S/c21-12-14-3-1-2-4-15(14)13-24-17-7-10-20(19(22)11-17)25-18-8-5-16(23)6-9-18/h1-11,23H,13,22H2. The molecular formula is C20H16N2O2S. The highest BCUT2D eigenvalue weighted by atomic mass is 32.2. The van der Waals surface area contributed by atoms with Crippen LogP contribution in [0.3, 0.4) is 0 Å². The molecule has 5 heteroatoms. The quantitative estimate of drug-likeness (QED) is 0.660. The maximum absolute atomic E-state index is 9.33. The van der Waals surface area contributed by atoms with Gasteiger partial charge in [-0.15, -0.1) is 0 Å². The van der Waals surface area contributed by atoms with Gasteiger partial charge in [0.1, 0.15) is 18.1 Å². The Hall–Kier alpha value is -3.10. The predicted molar refractivity (Wildman–Crippen MR) is 98.6 cm³/mol. The maximum Gasteiger partial charge on any atom is 0.121 e. The molecule has 0 aliphatic rings. The van der Waals surface area contributed by atoms with Gasteiger partial charge in [0.2, 0.25) is 0 Å². The lowest BCUT2D eigenvalue weighted by Gasteiger charge is -2.11. The molecule has 0 aromatic heterocycles. The number of nitriles is 1. The van der Waals surface area contributed by atoms with Crippen LogP contribution in [-0.2, 0) is 6.61 Å². The monoisotopic (exact) mass is 348 g/mol. The molecule has 124 valence electrons. The Labute approximate surface area is 150 Å². The van der Waals surface area contributed by atoms with Crippen molar-refractivity contribution < 1.29 is 9.84 Å². The lowest BCUT2D eigenvalue weighted by Crippen LogP contribution is -1.99. The van der Waals surface area contributed by atoms with Gasteiger partial charge in [-0.05, 0) is 42.5 Å². The molecule has 3 aromatic carbocycles. The summed E-state index contributed by atoms with van der Waals surface area (Å²) in [6.45, 7) is 0.313. The van der Waals surface area contributed by atoms with Crippen LogP contribution in [-0.4, -0.2) is 5.11 Å². The second-order valence-electron chi connectivity index (χ2n) is 5.35. The molecule has 0 heterocycles. The van der Waals surface area contributed by atoms with Crippen LogP contribution in [0.5, 0.6) is 11.5 Å². The fourth-order valence-corrected chi connectivity index (χ4v) is 3.11. The van der Waals surface area contributed by atoms with E-state index in [4.69, 9.17) is 15.7 Å². The number of nitrogens with two attached hydrogens (primary N) is 1. The topological polar surface area (TPSA) is 79.3 Å². The van der Waals surface area contributed by atoms with Gasteiger partial charge in [-0.3, -0.25) is 0 Å². The summed E-state index contributed by atoms with van der Waals surface area (Å²) in [5.41, 5.74) is 8.18. The van der Waals surface area contributed by atoms with E-state index in [1.807, 2.05) is 42.5 Å². The first-order valence-electron chi connectivity index (χ1n) is 7.63. The van der Waals surface area contributed by atoms with Gasteiger partial charge in [-0.1, -0.05) is 30.0 Å². The number of nitrogen functional groups attached to an aromatic ring is 1. The summed E-state index contributed by atoms with van der Waals surface area (Å²) in [7, 11) is 0. The Kier molecular flexibility index (Phi) is 5.12. The first-order valence-corrected chi connectivity index (χ1v) is 8.44. The van der Waals surface area contributed by atoms with Crippen LogP contribution < -0.4 is 10.5 Å². The molecule has 0 bridgehead atoms. The highest BCUT2D eigenvalue weighted by molar-refractivity contribution is 7.99. The molecule has 3 N–H and O–H groups in total. The molecule has 0 amide bonds. The van der Waals surface area contributed by atoms with E-state index in [0.29, 0.717) is 23.6 Å². The fourth-order valence-electron chi connectivity index (χ4n) is 2.27. The molecular weight excluding hydrogens is 332 g/mol. The van der Waals surface area contributed by atoms with Crippen LogP contribution in [0.15, 0.2) is 76.5 Å². The SMILES string of the molecule is N#Cc1ccccc1COc1ccc(Sc2ccc(O)cc2)c(N)c1. The third-order valence-corrected chi connectivity index (χ3v) is 4.68. The summed E-state index contributed by atoms with van der Waals surface area (Å²) in [4.78, 5) is 1.90. The van der Waals surface area contributed by atoms with E-state index in [2.05, 4.69) is 6.07 Å². The van der Waals surface area contributed by atoms with Crippen LogP contribution in [0.2, 0.25) is 0 Å². The van der Waals surface area contributed by atoms with Crippen molar-refractivity contribution in [3.8, 4) is 17.6 Å². The Morgan fingerprint density at radius 2 is 1.80 bits per heavy atom. The van der Waals surface area contributed by atoms with E-state index in [1.165, 1.54) is 11.8 Å². The van der Waals surface area contributed by atoms with Gasteiger partial charge < -0.3 is 15.6 Å². The zero-order valence-electron chi connectivity index (χ0n) is 13.3. The smallest absolute Gasteiger partial charge is 0.121 e. The van der Waals surface area contributed by atoms with Gasteiger partial charge in [-0.2, -0.15) is 5.26 Å². The molecule has 3 rings (SSSR count). The Morgan fingerprint density at radius 1 is 1.04 bits per heavy atom. The molecule has 0 aliphatic carbocycles. The number of phenolic OH excluding ortho intramolecular Hbond substituents is 1. The minimum atomic E-state index is 0.235. The number of rotatable bonds is 5. The summed E-state index contributed by atoms with van der Waals surface area (Å²) in [6, 6.07) is 22.0. The summed E-state index contributed by atoms with van der Waals surface area (Å²) in [5.74, 6) is 0.888. The second kappa shape index (κ2) is 7.65. The van der Waals surface area contributed by atoms with Gasteiger partial charge in [0, 0.05) is 27.1 Å². The minimum absolute atomic E-state index is 0.235. The van der Waals surface area contributed by atoms with Crippen LogP contribution >= 0.6 is 11.8 Å². The average Bonchev–Trinajstić information content (AvgIpc) is 2.64. The predicted octanol–water partition coefficient (Wildman–Crippen LogP) is 4.58. The zero-order valence-corrected chi connectivity index (χ0v) is 14.2. The van der Waals surface area contributed by atoms with Gasteiger partial charge in [-0.25, -0.2) is 0 Å². The van der Waals surface area contributed by atoms with Gasteiger partial charge in [0.15, 0.2) is 0 Å². The maximum atomic E-state index is 9.33. The Morgan fingerprint density at radius 3 is 2.52 bits per heavy atom. The molecule has 0 aliphatic heterocycles. The first-order chi connectivity index (χ1) is 12.2. The minimum Gasteiger partial charge on any atom is -0.508 e. The number of aromatic hydroxyl groups is 1. The number of ether oxygens (including phenoxy) is 1. The number of anilines is 1. The zero-order chi connectivity index (χ0) is 17.6. The van der Waals surface area contributed by atoms with Crippen LogP contribution in [0.25, 0.3) is 0 Å². The van der Waals surface area contributed by atoms with E-state index in [9.17, 15) is 5.11 Å². The molecule has 25 heavy (non-hydrogen) atoms. The number of nitrogens with zero attached hydrogens (tertiary/aromatic N) is 1. The number of benzene rings is 3. The largest absolute Gasteiger partial charge is 0.508 e. The van der Waals surface area contributed by atoms with E-state index >= 15 is 0 Å². The first kappa shape index (κ1) is 16.7. The van der Waals surface area contributed by atoms with E-state index in [1.54, 1.807) is 24.3 Å². The molecule has 4 nitrogen and oxygen atoms in total. The molecule has 0 saturated carbocycles. The average molecular weight is 348 g/mol. The lowest BCUT2D eigenvalue weighted by atomic mass is 10.1. The highest BCUT2D eigenvalue weighted by Crippen LogP contribution is 2.34. The molecule has 0 unspecified atom stereocenters. The van der Waals surface area contributed by atoms with Crippen molar-refractivity contribution in [3.05, 3.63) is 77.9 Å². The van der Waals surface area contributed by atoms with Crippen LogP contribution in [0.1, 0.15) is 11.1 Å². The fraction of sp³-hybridized carbons (Fsp3) is 0.0500. The molecule has 0 fully saturated rings. The molecule has 0 atom stereocenters. The number of phenols is 1. The molecule has 0 saturated heterocycles. The van der Waals surface area contributed by atoms with Crippen molar-refractivity contribution in [2.75, 3.05) is 5.73 Å². The van der Waals surface area contributed by atoms with E-state index < -0.39 is 0 Å². The second-order valence-corrected chi connectivity index (χ2v) is 6.47. The van der Waals surface area contributed by atoms with E-state index in [0.717, 1.165) is 15.4 Å². The Balaban J connectivity index is 1.69. The van der Waals surface area contributed by atoms with Crippen molar-refractivity contribution in [1.82, 2.24) is 0 Å². The number of hydrogen-bond donors (Lipinski definition) is 2. The van der Waals surface area contributed by atoms with E-state index in [-0.39, 0.29) is 5.75 Å². The number of hydrogen-bond acceptors (Lipinski definition) is 5. The van der Waals surface area contributed by atoms with Crippen molar-refractivity contribution in [2.24, 2.45) is 0 Å². The summed E-state index contributed by atoms with van der Waals surface area (Å²) in [6.07, 6.45) is 0. The summed E-state index contributed by atoms with van der Waals surface area (Å²) < 4.78 is 5.76. The van der Waals surface area contributed by atoms with Crippen LogP contribution in [0.4, 0.5) is 5.69 Å². The highest BCUT2D eigenvalue weighted by Gasteiger charge is 2.06. The van der Waals surface area contributed by atoms with Crippen molar-refractivity contribution in [3.63, 3.8) is 0 Å². The molecule has 3 aromatic rings. The molecule has 0 spiro atoms. The third-order valence-electron chi connectivity index (χ3n) is 3.58. The van der Waals surface area contributed by atoms with Crippen molar-refractivity contribution >= 4 is 17.4 Å². The van der Waals surface area contributed by atoms with Gasteiger partial charge in [0.25, 0.3) is 0 Å². The van der Waals surface area contributed by atoms with Crippen molar-refractivity contribution in [2.45, 2.75) is 16.4 Å². The van der Waals surface area contributed by atoms with Gasteiger partial charge in [0.05, 0.1) is 11.6 Å². The van der Waals surface area contributed by atoms with Crippen LogP contribution in [0, 0.1) is 11.3 Å². The summed E-state index contributed by atoms with van der Waals surface area (Å²) >= 11 is 1.52. The third kappa shape index (κ3) is 4.25. The normalized spacial score (nSPS) is 10.2.